The van der Waals surface area contributed by atoms with Crippen LogP contribution in [0, 0.1) is 0 Å². The molecule has 1 aromatic heterocycles. The number of unbranched alkanes of at least 4 members (excludes halogenated alkanes) is 2. The molecule has 7 nitrogen and oxygen atoms in total. The van der Waals surface area contributed by atoms with Crippen LogP contribution in [-0.4, -0.2) is 45.7 Å². The monoisotopic (exact) mass is 560 g/mol. The van der Waals surface area contributed by atoms with Crippen LogP contribution in [-0.2, 0) is 16.6 Å². The average molecular weight is 561 g/mol. The first-order chi connectivity index (χ1) is 19.4. The predicted octanol–water partition coefficient (Wildman–Crippen LogP) is 6.39. The summed E-state index contributed by atoms with van der Waals surface area (Å²) in [4.78, 5) is 30.8. The first-order valence-corrected chi connectivity index (χ1v) is 14.4. The van der Waals surface area contributed by atoms with Crippen LogP contribution >= 0.6 is 11.8 Å². The number of thioether (sulfide) groups is 1. The van der Waals surface area contributed by atoms with E-state index in [9.17, 15) is 14.7 Å². The first-order valence-electron chi connectivity index (χ1n) is 13.6. The maximum atomic E-state index is 14.0. The number of hydrogen-bond donors (Lipinski definition) is 1. The Balaban J connectivity index is 1.64. The molecule has 0 saturated carbocycles. The lowest BCUT2D eigenvalue weighted by atomic mass is 9.83. The molecular weight excluding hydrogens is 524 g/mol. The molecular formula is C32H36N2O5S. The molecule has 0 aliphatic heterocycles. The van der Waals surface area contributed by atoms with Gasteiger partial charge >= 0.3 is 5.97 Å². The number of imidazole rings is 1. The highest BCUT2D eigenvalue weighted by Gasteiger charge is 2.48. The fourth-order valence-corrected chi connectivity index (χ4v) is 5.88. The number of para-hydroxylation sites is 1. The number of carbonyl (C=O) groups is 2. The molecule has 1 heterocycles. The molecule has 3 aromatic rings. The van der Waals surface area contributed by atoms with Gasteiger partial charge in [0.1, 0.15) is 11.4 Å². The lowest BCUT2D eigenvalue weighted by Crippen LogP contribution is -2.32. The summed E-state index contributed by atoms with van der Waals surface area (Å²) in [6.45, 7) is 2.62. The number of nitrogens with zero attached hydrogens (tertiary/aromatic N) is 2. The molecule has 1 aliphatic rings. The second-order valence-corrected chi connectivity index (χ2v) is 10.8. The van der Waals surface area contributed by atoms with Gasteiger partial charge in [-0.1, -0.05) is 43.7 Å². The largest absolute Gasteiger partial charge is 0.494 e. The fraction of sp³-hybridized carbons (Fsp3) is 0.344. The molecule has 0 bridgehead atoms. The van der Waals surface area contributed by atoms with Crippen molar-refractivity contribution in [1.82, 2.24) is 9.55 Å². The molecule has 2 aromatic carbocycles. The smallest absolute Gasteiger partial charge is 0.337 e. The lowest BCUT2D eigenvalue weighted by Gasteiger charge is -2.28. The number of Topliss-reactive ketones (excluding diaryl/α,β-unsaturated/α-hetero) is 1. The van der Waals surface area contributed by atoms with Gasteiger partial charge in [0.15, 0.2) is 10.9 Å². The van der Waals surface area contributed by atoms with Gasteiger partial charge < -0.3 is 19.1 Å². The molecule has 4 rings (SSSR count). The summed E-state index contributed by atoms with van der Waals surface area (Å²) in [6.07, 6.45) is 9.50. The molecule has 1 N–H and O–H groups in total. The molecule has 1 aliphatic carbocycles. The highest BCUT2D eigenvalue weighted by Crippen LogP contribution is 2.49. The number of ether oxygens (including phenoxy) is 2. The Morgan fingerprint density at radius 1 is 1.10 bits per heavy atom. The van der Waals surface area contributed by atoms with Gasteiger partial charge in [0.2, 0.25) is 0 Å². The Morgan fingerprint density at radius 3 is 2.50 bits per heavy atom. The number of aromatic nitrogens is 2. The third kappa shape index (κ3) is 6.74. The summed E-state index contributed by atoms with van der Waals surface area (Å²) in [5, 5.41) is 13.0. The molecule has 210 valence electrons. The lowest BCUT2D eigenvalue weighted by molar-refractivity contribution is -0.112. The molecule has 8 heteroatoms. The van der Waals surface area contributed by atoms with Gasteiger partial charge in [-0.3, -0.25) is 4.79 Å². The number of ketones is 1. The van der Waals surface area contributed by atoms with Crippen LogP contribution in [0.1, 0.15) is 61.4 Å². The van der Waals surface area contributed by atoms with Crippen LogP contribution < -0.4 is 4.74 Å². The van der Waals surface area contributed by atoms with Gasteiger partial charge in [0, 0.05) is 25.0 Å². The topological polar surface area (TPSA) is 90.7 Å². The van der Waals surface area contributed by atoms with E-state index in [1.54, 1.807) is 36.5 Å². The standard InChI is InChI=1S/C32H36N2O5S/c1-4-5-13-26-29(40-31-33-19-20-34(31)2)28(35)27(22-23-14-16-24(17-15-23)30(36)38-3)32(26,37)18-9-10-21-39-25-11-7-6-8-12-25/h6-8,11-12,14-17,19-20,22,37H,4-5,9-10,13,18,21H2,1-3H3/b27-22-. The van der Waals surface area contributed by atoms with Gasteiger partial charge in [-0.15, -0.1) is 0 Å². The third-order valence-corrected chi connectivity index (χ3v) is 8.22. The van der Waals surface area contributed by atoms with Crippen LogP contribution in [0.4, 0.5) is 0 Å². The number of esters is 1. The third-order valence-electron chi connectivity index (χ3n) is 7.01. The van der Waals surface area contributed by atoms with Crippen molar-refractivity contribution in [3.63, 3.8) is 0 Å². The van der Waals surface area contributed by atoms with E-state index in [4.69, 9.17) is 9.47 Å². The summed E-state index contributed by atoms with van der Waals surface area (Å²) < 4.78 is 12.5. The maximum Gasteiger partial charge on any atom is 0.337 e. The van der Waals surface area contributed by atoms with Crippen LogP contribution in [0.15, 0.2) is 88.2 Å². The molecule has 0 radical (unpaired) electrons. The number of benzene rings is 2. The van der Waals surface area contributed by atoms with Crippen molar-refractivity contribution in [2.45, 2.75) is 56.2 Å². The number of hydrogen-bond acceptors (Lipinski definition) is 7. The van der Waals surface area contributed by atoms with Crippen LogP contribution in [0.2, 0.25) is 0 Å². The Hall–Kier alpha value is -3.62. The summed E-state index contributed by atoms with van der Waals surface area (Å²) in [7, 11) is 3.23. The second-order valence-electron chi connectivity index (χ2n) is 9.81. The zero-order valence-corrected chi connectivity index (χ0v) is 24.1. The van der Waals surface area contributed by atoms with Gasteiger partial charge in [0.05, 0.1) is 24.2 Å². The van der Waals surface area contributed by atoms with Gasteiger partial charge in [0.25, 0.3) is 0 Å². The Kier molecular flexibility index (Phi) is 10.0. The average Bonchev–Trinajstić information content (AvgIpc) is 3.46. The SMILES string of the molecule is CCCCC1=C(Sc2nccn2C)C(=O)/C(=C/c2ccc(C(=O)OC)cc2)C1(O)CCCCOc1ccccc1. The van der Waals surface area contributed by atoms with E-state index in [1.807, 2.05) is 48.1 Å². The molecule has 0 saturated heterocycles. The van der Waals surface area contributed by atoms with Gasteiger partial charge in [-0.25, -0.2) is 9.78 Å². The van der Waals surface area contributed by atoms with E-state index in [0.717, 1.165) is 36.1 Å². The highest BCUT2D eigenvalue weighted by molar-refractivity contribution is 8.04. The number of rotatable bonds is 13. The number of carbonyl (C=O) groups excluding carboxylic acids is 2. The second kappa shape index (κ2) is 13.6. The first kappa shape index (κ1) is 29.4. The Bertz CT molecular complexity index is 1380. The fourth-order valence-electron chi connectivity index (χ4n) is 4.78. The number of aryl methyl sites for hydroxylation is 1. The zero-order chi connectivity index (χ0) is 28.5. The molecule has 1 atom stereocenters. The van der Waals surface area contributed by atoms with E-state index >= 15 is 0 Å². The van der Waals surface area contributed by atoms with Crippen LogP contribution in [0.25, 0.3) is 6.08 Å². The quantitative estimate of drug-likeness (QED) is 0.147. The van der Waals surface area contributed by atoms with Crippen molar-refractivity contribution in [1.29, 1.82) is 0 Å². The zero-order valence-electron chi connectivity index (χ0n) is 23.3. The molecule has 40 heavy (non-hydrogen) atoms. The summed E-state index contributed by atoms with van der Waals surface area (Å²) in [5.41, 5.74) is 0.843. The summed E-state index contributed by atoms with van der Waals surface area (Å²) >= 11 is 1.31. The van der Waals surface area contributed by atoms with Crippen LogP contribution in [0.3, 0.4) is 0 Å². The minimum Gasteiger partial charge on any atom is -0.494 e. The van der Waals surface area contributed by atoms with Crippen molar-refractivity contribution >= 4 is 29.6 Å². The van der Waals surface area contributed by atoms with Gasteiger partial charge in [-0.2, -0.15) is 0 Å². The minimum absolute atomic E-state index is 0.181. The molecule has 0 fully saturated rings. The van der Waals surface area contributed by atoms with Crippen molar-refractivity contribution in [3.05, 3.63) is 94.2 Å². The van der Waals surface area contributed by atoms with Crippen molar-refractivity contribution < 1.29 is 24.2 Å². The Morgan fingerprint density at radius 2 is 1.85 bits per heavy atom. The normalized spacial score (nSPS) is 18.0. The minimum atomic E-state index is -1.41. The van der Waals surface area contributed by atoms with E-state index in [0.29, 0.717) is 47.1 Å². The van der Waals surface area contributed by atoms with Crippen molar-refractivity contribution in [3.8, 4) is 5.75 Å². The van der Waals surface area contributed by atoms with E-state index in [-0.39, 0.29) is 5.78 Å². The maximum absolute atomic E-state index is 14.0. The van der Waals surface area contributed by atoms with E-state index in [2.05, 4.69) is 11.9 Å². The van der Waals surface area contributed by atoms with Crippen molar-refractivity contribution in [2.24, 2.45) is 7.05 Å². The summed E-state index contributed by atoms with van der Waals surface area (Å²) in [5.74, 6) is 0.201. The van der Waals surface area contributed by atoms with E-state index < -0.39 is 11.6 Å². The summed E-state index contributed by atoms with van der Waals surface area (Å²) in [6, 6.07) is 16.5. The molecule has 1 unspecified atom stereocenters. The number of methoxy groups -OCH3 is 1. The van der Waals surface area contributed by atoms with Gasteiger partial charge in [-0.05, 0) is 85.3 Å². The van der Waals surface area contributed by atoms with Crippen LogP contribution in [0.5, 0.6) is 5.75 Å². The molecule has 0 spiro atoms. The van der Waals surface area contributed by atoms with E-state index in [1.165, 1.54) is 18.9 Å². The predicted molar refractivity (Wildman–Crippen MR) is 157 cm³/mol. The molecule has 0 amide bonds. The Labute approximate surface area is 239 Å². The number of allylic oxidation sites excluding steroid dienone is 1. The number of aliphatic hydroxyl groups is 1. The highest BCUT2D eigenvalue weighted by atomic mass is 32.2. The van der Waals surface area contributed by atoms with Crippen molar-refractivity contribution in [2.75, 3.05) is 13.7 Å².